The first-order valence-corrected chi connectivity index (χ1v) is 5.58. The summed E-state index contributed by atoms with van der Waals surface area (Å²) in [6.45, 7) is 6.96. The number of hydrogen-bond acceptors (Lipinski definition) is 1. The summed E-state index contributed by atoms with van der Waals surface area (Å²) in [6, 6.07) is 5.61. The third-order valence-corrected chi connectivity index (χ3v) is 2.83. The summed E-state index contributed by atoms with van der Waals surface area (Å²) in [4.78, 5) is 3.15. The van der Waals surface area contributed by atoms with Crippen LogP contribution in [0.5, 0.6) is 0 Å². The molecule has 1 aromatic carbocycles. The molecule has 0 saturated carbocycles. The average Bonchev–Trinajstić information content (AvgIpc) is 2.55. The second kappa shape index (κ2) is 4.26. The van der Waals surface area contributed by atoms with Crippen molar-refractivity contribution in [2.75, 3.05) is 0 Å². The smallest absolute Gasteiger partial charge is 0.147 e. The van der Waals surface area contributed by atoms with Gasteiger partial charge in [0.25, 0.3) is 0 Å². The lowest BCUT2D eigenvalue weighted by atomic mass is 10.1. The molecule has 0 spiro atoms. The number of hydrogen-bond donors (Lipinski definition) is 2. The molecule has 0 bridgehead atoms. The Morgan fingerprint density at radius 3 is 2.75 bits per heavy atom. The van der Waals surface area contributed by atoms with Gasteiger partial charge in [-0.15, -0.1) is 0 Å². The van der Waals surface area contributed by atoms with Crippen LogP contribution in [-0.2, 0) is 6.54 Å². The molecular weight excluding hydrogens is 203 g/mol. The lowest BCUT2D eigenvalue weighted by Crippen LogP contribution is -2.22. The first-order valence-electron chi connectivity index (χ1n) is 5.58. The predicted octanol–water partition coefficient (Wildman–Crippen LogP) is 3.11. The van der Waals surface area contributed by atoms with Crippen LogP contribution in [0.1, 0.15) is 25.1 Å². The summed E-state index contributed by atoms with van der Waals surface area (Å²) in [5.41, 5.74) is 2.80. The fourth-order valence-corrected chi connectivity index (χ4v) is 1.85. The molecule has 2 rings (SSSR count). The third kappa shape index (κ3) is 1.95. The van der Waals surface area contributed by atoms with Crippen LogP contribution in [0.2, 0.25) is 0 Å². The maximum atomic E-state index is 13.5. The molecule has 0 aliphatic heterocycles. The number of aryl methyl sites for hydroxylation is 1. The van der Waals surface area contributed by atoms with Crippen LogP contribution < -0.4 is 5.32 Å². The predicted molar refractivity (Wildman–Crippen MR) is 65.0 cm³/mol. The highest BCUT2D eigenvalue weighted by atomic mass is 19.1. The van der Waals surface area contributed by atoms with E-state index in [1.807, 2.05) is 13.0 Å². The molecule has 0 unspecified atom stereocenters. The first kappa shape index (κ1) is 11.1. The van der Waals surface area contributed by atoms with Crippen LogP contribution in [0, 0.1) is 12.7 Å². The highest BCUT2D eigenvalue weighted by Crippen LogP contribution is 2.23. The van der Waals surface area contributed by atoms with Gasteiger partial charge >= 0.3 is 0 Å². The van der Waals surface area contributed by atoms with Crippen LogP contribution >= 0.6 is 0 Å². The minimum absolute atomic E-state index is 0.184. The minimum Gasteiger partial charge on any atom is -0.355 e. The molecule has 1 aromatic heterocycles. The van der Waals surface area contributed by atoms with E-state index in [4.69, 9.17) is 0 Å². The molecule has 2 nitrogen and oxygen atoms in total. The number of aromatic nitrogens is 1. The molecule has 0 amide bonds. The van der Waals surface area contributed by atoms with E-state index in [-0.39, 0.29) is 5.82 Å². The van der Waals surface area contributed by atoms with Crippen molar-refractivity contribution in [2.24, 2.45) is 0 Å². The second-order valence-corrected chi connectivity index (χ2v) is 4.43. The van der Waals surface area contributed by atoms with Gasteiger partial charge < -0.3 is 10.3 Å². The van der Waals surface area contributed by atoms with Gasteiger partial charge in [-0.1, -0.05) is 26.0 Å². The minimum atomic E-state index is -0.184. The van der Waals surface area contributed by atoms with Crippen molar-refractivity contribution >= 4 is 10.9 Å². The van der Waals surface area contributed by atoms with Crippen LogP contribution in [0.15, 0.2) is 18.2 Å². The number of fused-ring (bicyclic) bond motifs is 1. The first-order chi connectivity index (χ1) is 7.59. The quantitative estimate of drug-likeness (QED) is 0.817. The monoisotopic (exact) mass is 220 g/mol. The van der Waals surface area contributed by atoms with Gasteiger partial charge in [0.1, 0.15) is 5.82 Å². The molecule has 2 N–H and O–H groups in total. The molecule has 0 aliphatic carbocycles. The zero-order chi connectivity index (χ0) is 11.7. The number of para-hydroxylation sites is 1. The van der Waals surface area contributed by atoms with Crippen molar-refractivity contribution in [1.29, 1.82) is 0 Å². The van der Waals surface area contributed by atoms with Gasteiger partial charge in [0.15, 0.2) is 0 Å². The van der Waals surface area contributed by atoms with Crippen LogP contribution in [0.3, 0.4) is 0 Å². The van der Waals surface area contributed by atoms with E-state index in [1.54, 1.807) is 6.07 Å². The van der Waals surface area contributed by atoms with E-state index >= 15 is 0 Å². The number of rotatable bonds is 3. The Hall–Kier alpha value is -1.35. The van der Waals surface area contributed by atoms with E-state index in [1.165, 1.54) is 6.07 Å². The SMILES string of the molecule is Cc1c(CNC(C)C)[nH]c2c(F)cccc12. The molecule has 0 aliphatic rings. The molecule has 0 radical (unpaired) electrons. The fourth-order valence-electron chi connectivity index (χ4n) is 1.85. The van der Waals surface area contributed by atoms with Crippen molar-refractivity contribution in [3.8, 4) is 0 Å². The maximum Gasteiger partial charge on any atom is 0.147 e. The van der Waals surface area contributed by atoms with Gasteiger partial charge in [-0.3, -0.25) is 0 Å². The number of benzene rings is 1. The van der Waals surface area contributed by atoms with Gasteiger partial charge in [0.05, 0.1) is 5.52 Å². The van der Waals surface area contributed by atoms with E-state index in [0.717, 1.165) is 23.2 Å². The largest absolute Gasteiger partial charge is 0.355 e. The lowest BCUT2D eigenvalue weighted by Gasteiger charge is -2.07. The van der Waals surface area contributed by atoms with Gasteiger partial charge in [0.2, 0.25) is 0 Å². The highest BCUT2D eigenvalue weighted by Gasteiger charge is 2.10. The van der Waals surface area contributed by atoms with Gasteiger partial charge in [0, 0.05) is 23.7 Å². The molecule has 86 valence electrons. The Morgan fingerprint density at radius 1 is 1.38 bits per heavy atom. The topological polar surface area (TPSA) is 27.8 Å². The van der Waals surface area contributed by atoms with E-state index < -0.39 is 0 Å². The molecule has 3 heteroatoms. The molecule has 2 aromatic rings. The summed E-state index contributed by atoms with van der Waals surface area (Å²) in [5.74, 6) is -0.184. The summed E-state index contributed by atoms with van der Waals surface area (Å²) in [6.07, 6.45) is 0. The van der Waals surface area contributed by atoms with Crippen LogP contribution in [0.4, 0.5) is 4.39 Å². The summed E-state index contributed by atoms with van der Waals surface area (Å²) in [7, 11) is 0. The third-order valence-electron chi connectivity index (χ3n) is 2.83. The van der Waals surface area contributed by atoms with Crippen molar-refractivity contribution in [3.63, 3.8) is 0 Å². The van der Waals surface area contributed by atoms with Crippen molar-refractivity contribution in [3.05, 3.63) is 35.3 Å². The number of H-pyrrole nitrogens is 1. The van der Waals surface area contributed by atoms with Crippen molar-refractivity contribution in [2.45, 2.75) is 33.4 Å². The van der Waals surface area contributed by atoms with E-state index in [9.17, 15) is 4.39 Å². The van der Waals surface area contributed by atoms with E-state index in [0.29, 0.717) is 11.6 Å². The zero-order valence-corrected chi connectivity index (χ0v) is 9.89. The number of halogens is 1. The lowest BCUT2D eigenvalue weighted by molar-refractivity contribution is 0.581. The highest BCUT2D eigenvalue weighted by molar-refractivity contribution is 5.84. The standard InChI is InChI=1S/C13H17FN2/c1-8(2)15-7-12-9(3)10-5-4-6-11(14)13(10)16-12/h4-6,8,15-16H,7H2,1-3H3. The molecule has 0 fully saturated rings. The number of aromatic amines is 1. The Bertz CT molecular complexity index is 500. The van der Waals surface area contributed by atoms with Crippen LogP contribution in [0.25, 0.3) is 10.9 Å². The molecule has 16 heavy (non-hydrogen) atoms. The Labute approximate surface area is 94.9 Å². The van der Waals surface area contributed by atoms with Gasteiger partial charge in [-0.2, -0.15) is 0 Å². The Balaban J connectivity index is 2.40. The Morgan fingerprint density at radius 2 is 2.12 bits per heavy atom. The van der Waals surface area contributed by atoms with Gasteiger partial charge in [-0.05, 0) is 18.6 Å². The normalized spacial score (nSPS) is 11.6. The fraction of sp³-hybridized carbons (Fsp3) is 0.385. The molecule has 1 heterocycles. The van der Waals surface area contributed by atoms with Gasteiger partial charge in [-0.25, -0.2) is 4.39 Å². The number of nitrogens with one attached hydrogen (secondary N) is 2. The van der Waals surface area contributed by atoms with Crippen LogP contribution in [-0.4, -0.2) is 11.0 Å². The Kier molecular flexibility index (Phi) is 2.97. The molecule has 0 atom stereocenters. The zero-order valence-electron chi connectivity index (χ0n) is 9.89. The second-order valence-electron chi connectivity index (χ2n) is 4.43. The maximum absolute atomic E-state index is 13.5. The summed E-state index contributed by atoms with van der Waals surface area (Å²) >= 11 is 0. The average molecular weight is 220 g/mol. The summed E-state index contributed by atoms with van der Waals surface area (Å²) in [5, 5.41) is 4.30. The molecular formula is C13H17FN2. The summed E-state index contributed by atoms with van der Waals surface area (Å²) < 4.78 is 13.5. The van der Waals surface area contributed by atoms with Crippen molar-refractivity contribution in [1.82, 2.24) is 10.3 Å². The molecule has 0 saturated heterocycles. The van der Waals surface area contributed by atoms with Crippen molar-refractivity contribution < 1.29 is 4.39 Å². The van der Waals surface area contributed by atoms with E-state index in [2.05, 4.69) is 24.1 Å².